The molecule has 3 aromatic rings. The highest BCUT2D eigenvalue weighted by atomic mass is 19.1. The largest absolute Gasteiger partial charge is 0.465 e. The third-order valence-electron chi connectivity index (χ3n) is 6.64. The number of nitrogens with one attached hydrogen (secondary N) is 1. The van der Waals surface area contributed by atoms with E-state index in [1.54, 1.807) is 12.3 Å². The molecule has 2 aromatic heterocycles. The monoisotopic (exact) mass is 486 g/mol. The van der Waals surface area contributed by atoms with E-state index in [2.05, 4.69) is 37.1 Å². The molecule has 0 spiro atoms. The van der Waals surface area contributed by atoms with Crippen LogP contribution in [-0.4, -0.2) is 60.5 Å². The Hall–Kier alpha value is -3.98. The number of anilines is 2. The Morgan fingerprint density at radius 2 is 1.94 bits per heavy atom. The van der Waals surface area contributed by atoms with E-state index in [-0.39, 0.29) is 11.8 Å². The van der Waals surface area contributed by atoms with Crippen LogP contribution in [0.4, 0.5) is 16.0 Å². The first kappa shape index (κ1) is 22.5. The molecule has 6 rings (SSSR count). The molecule has 1 aromatic carbocycles. The summed E-state index contributed by atoms with van der Waals surface area (Å²) in [6.45, 7) is 6.02. The van der Waals surface area contributed by atoms with Crippen LogP contribution in [0.3, 0.4) is 0 Å². The highest BCUT2D eigenvalue weighted by Gasteiger charge is 2.22. The number of benzene rings is 1. The lowest BCUT2D eigenvalue weighted by molar-refractivity contribution is 0.311. The number of aromatic nitrogens is 2. The number of nitrogens with zero attached hydrogens (tertiary/aromatic N) is 5. The summed E-state index contributed by atoms with van der Waals surface area (Å²) in [5, 5.41) is 3.27. The summed E-state index contributed by atoms with van der Waals surface area (Å²) in [4.78, 5) is 18.2. The first-order valence-corrected chi connectivity index (χ1v) is 12.1. The van der Waals surface area contributed by atoms with Crippen molar-refractivity contribution in [2.75, 3.05) is 50.0 Å². The van der Waals surface area contributed by atoms with Gasteiger partial charge >= 0.3 is 6.01 Å². The summed E-state index contributed by atoms with van der Waals surface area (Å²) < 4.78 is 26.7. The molecule has 1 N–H and O–H groups in total. The van der Waals surface area contributed by atoms with Gasteiger partial charge in [-0.1, -0.05) is 17.7 Å². The van der Waals surface area contributed by atoms with Gasteiger partial charge in [0.2, 0.25) is 0 Å². The maximum Gasteiger partial charge on any atom is 0.326 e. The molecule has 4 heterocycles. The van der Waals surface area contributed by atoms with Crippen molar-refractivity contribution in [2.45, 2.75) is 13.3 Å². The first-order chi connectivity index (χ1) is 17.5. The summed E-state index contributed by atoms with van der Waals surface area (Å²) in [6, 6.07) is 9.28. The zero-order valence-electron chi connectivity index (χ0n) is 20.3. The molecular weight excluding hydrogens is 459 g/mol. The van der Waals surface area contributed by atoms with Gasteiger partial charge in [-0.25, -0.2) is 4.39 Å². The van der Waals surface area contributed by atoms with Gasteiger partial charge in [0.05, 0.1) is 12.8 Å². The summed E-state index contributed by atoms with van der Waals surface area (Å²) >= 11 is 0. The molecule has 1 aliphatic carbocycles. The van der Waals surface area contributed by atoms with Crippen molar-refractivity contribution < 1.29 is 13.5 Å². The topological polar surface area (TPSA) is 79.0 Å². The highest BCUT2D eigenvalue weighted by molar-refractivity contribution is 6.10. The molecule has 0 bridgehead atoms. The molecule has 0 saturated carbocycles. The van der Waals surface area contributed by atoms with Crippen LogP contribution < -0.4 is 15.0 Å². The van der Waals surface area contributed by atoms with Crippen LogP contribution >= 0.6 is 0 Å². The number of ether oxygens (including phenoxy) is 1. The molecule has 1 saturated heterocycles. The standard InChI is InChI=1S/C27H27FN6O2/c1-17-12-18-5-6-22(26(28)20(18)13-17)36-27-31-24(15-25(32-27)34-9-7-33(2)8-10-34)30-23-14-19(16-29-23)21-4-3-11-35-21/h3-6,11,13-15H,7-10,12,16H2,1-2H3,(H,29,30,31,32). The van der Waals surface area contributed by atoms with E-state index in [1.807, 2.05) is 43.3 Å². The minimum Gasteiger partial charge on any atom is -0.465 e. The van der Waals surface area contributed by atoms with E-state index < -0.39 is 5.82 Å². The van der Waals surface area contributed by atoms with Crippen LogP contribution in [0.1, 0.15) is 23.8 Å². The number of hydrogen-bond acceptors (Lipinski definition) is 8. The summed E-state index contributed by atoms with van der Waals surface area (Å²) in [5.41, 5.74) is 3.65. The lowest BCUT2D eigenvalue weighted by atomic mass is 10.1. The van der Waals surface area contributed by atoms with E-state index in [1.165, 1.54) is 0 Å². The minimum atomic E-state index is -0.390. The van der Waals surface area contributed by atoms with Gasteiger partial charge < -0.3 is 24.3 Å². The average molecular weight is 487 g/mol. The molecule has 9 heteroatoms. The summed E-state index contributed by atoms with van der Waals surface area (Å²) in [5.74, 6) is 2.43. The highest BCUT2D eigenvalue weighted by Crippen LogP contribution is 2.34. The number of aliphatic imine (C=N–C) groups is 1. The van der Waals surface area contributed by atoms with Gasteiger partial charge in [0.1, 0.15) is 23.2 Å². The van der Waals surface area contributed by atoms with Crippen LogP contribution in [0.25, 0.3) is 11.6 Å². The van der Waals surface area contributed by atoms with Crippen molar-refractivity contribution >= 4 is 29.1 Å². The normalized spacial score (nSPS) is 17.5. The Labute approximate surface area is 208 Å². The molecule has 8 nitrogen and oxygen atoms in total. The van der Waals surface area contributed by atoms with Crippen LogP contribution in [-0.2, 0) is 6.42 Å². The second-order valence-electron chi connectivity index (χ2n) is 9.38. The smallest absolute Gasteiger partial charge is 0.326 e. The lowest BCUT2D eigenvalue weighted by Gasteiger charge is -2.33. The fourth-order valence-electron chi connectivity index (χ4n) is 4.66. The quantitative estimate of drug-likeness (QED) is 0.564. The third kappa shape index (κ3) is 4.49. The number of hydrogen-bond donors (Lipinski definition) is 1. The van der Waals surface area contributed by atoms with Crippen molar-refractivity contribution in [3.8, 4) is 11.8 Å². The van der Waals surface area contributed by atoms with E-state index in [9.17, 15) is 0 Å². The van der Waals surface area contributed by atoms with Crippen LogP contribution in [0.15, 0.2) is 57.7 Å². The maximum atomic E-state index is 15.2. The second kappa shape index (κ2) is 9.23. The Morgan fingerprint density at radius 1 is 1.08 bits per heavy atom. The summed E-state index contributed by atoms with van der Waals surface area (Å²) in [6.07, 6.45) is 6.21. The summed E-state index contributed by atoms with van der Waals surface area (Å²) in [7, 11) is 2.10. The zero-order valence-corrected chi connectivity index (χ0v) is 20.3. The number of halogens is 1. The van der Waals surface area contributed by atoms with Gasteiger partial charge in [-0.15, -0.1) is 0 Å². The van der Waals surface area contributed by atoms with E-state index in [0.717, 1.165) is 60.9 Å². The predicted octanol–water partition coefficient (Wildman–Crippen LogP) is 4.62. The molecule has 1 fully saturated rings. The number of fused-ring (bicyclic) bond motifs is 1. The minimum absolute atomic E-state index is 0.0836. The zero-order chi connectivity index (χ0) is 24.6. The van der Waals surface area contributed by atoms with Crippen molar-refractivity contribution in [2.24, 2.45) is 4.99 Å². The molecular formula is C27H27FN6O2. The second-order valence-corrected chi connectivity index (χ2v) is 9.38. The van der Waals surface area contributed by atoms with Gasteiger partial charge in [0.25, 0.3) is 0 Å². The van der Waals surface area contributed by atoms with E-state index >= 15 is 4.39 Å². The number of allylic oxidation sites excluding steroid dienone is 1. The van der Waals surface area contributed by atoms with Gasteiger partial charge in [0, 0.05) is 43.4 Å². The fraction of sp³-hybridized carbons (Fsp3) is 0.296. The Bertz CT molecular complexity index is 1390. The Balaban J connectivity index is 1.30. The van der Waals surface area contributed by atoms with Crippen molar-refractivity contribution in [1.29, 1.82) is 0 Å². The molecule has 36 heavy (non-hydrogen) atoms. The van der Waals surface area contributed by atoms with E-state index in [0.29, 0.717) is 23.8 Å². The van der Waals surface area contributed by atoms with Crippen molar-refractivity contribution in [3.05, 3.63) is 70.9 Å². The van der Waals surface area contributed by atoms with Gasteiger partial charge in [-0.05, 0) is 50.2 Å². The molecule has 0 radical (unpaired) electrons. The van der Waals surface area contributed by atoms with Crippen molar-refractivity contribution in [3.63, 3.8) is 0 Å². The Morgan fingerprint density at radius 3 is 2.75 bits per heavy atom. The number of piperazine rings is 1. The van der Waals surface area contributed by atoms with Crippen LogP contribution in [0.5, 0.6) is 11.8 Å². The number of furan rings is 1. The Kier molecular flexibility index (Phi) is 5.77. The predicted molar refractivity (Wildman–Crippen MR) is 138 cm³/mol. The molecule has 184 valence electrons. The average Bonchev–Trinajstić information content (AvgIpc) is 3.62. The van der Waals surface area contributed by atoms with Crippen LogP contribution in [0.2, 0.25) is 0 Å². The number of rotatable bonds is 5. The molecule has 3 aliphatic rings. The van der Waals surface area contributed by atoms with Crippen molar-refractivity contribution in [1.82, 2.24) is 14.9 Å². The van der Waals surface area contributed by atoms with E-state index in [4.69, 9.17) is 9.15 Å². The fourth-order valence-corrected chi connectivity index (χ4v) is 4.66. The first-order valence-electron chi connectivity index (χ1n) is 12.1. The van der Waals surface area contributed by atoms with Crippen LogP contribution in [0, 0.1) is 5.82 Å². The van der Waals surface area contributed by atoms with Gasteiger partial charge in [-0.3, -0.25) is 4.99 Å². The SMILES string of the molecule is CC1=Cc2c(ccc(Oc3nc(NC4=NCC(c5ccco5)=C4)cc(N4CCN(C)CC4)n3)c2F)C1. The molecule has 0 amide bonds. The number of amidine groups is 1. The third-order valence-corrected chi connectivity index (χ3v) is 6.64. The van der Waals surface area contributed by atoms with Gasteiger partial charge in [-0.2, -0.15) is 9.97 Å². The lowest BCUT2D eigenvalue weighted by Crippen LogP contribution is -2.44. The van der Waals surface area contributed by atoms with Gasteiger partial charge in [0.15, 0.2) is 11.6 Å². The molecule has 0 atom stereocenters. The number of likely N-dealkylation sites (N-methyl/N-ethyl adjacent to an activating group) is 1. The maximum absolute atomic E-state index is 15.2. The molecule has 0 unspecified atom stereocenters. The molecule has 2 aliphatic heterocycles.